The molecule has 0 radical (unpaired) electrons. The van der Waals surface area contributed by atoms with E-state index in [2.05, 4.69) is 6.58 Å². The maximum atomic E-state index is 13.1. The van der Waals surface area contributed by atoms with E-state index in [9.17, 15) is 51.6 Å². The normalized spacial score (nSPS) is 34.9. The monoisotopic (exact) mass is 554 g/mol. The van der Waals surface area contributed by atoms with Crippen LogP contribution in [0.4, 0.5) is 26.3 Å². The number of carbonyl (C=O) groups excluding carboxylic acids is 1. The first-order valence-electron chi connectivity index (χ1n) is 12.9. The summed E-state index contributed by atoms with van der Waals surface area (Å²) in [5.41, 5.74) is -3.55. The zero-order valence-corrected chi connectivity index (χ0v) is 21.4. The quantitative estimate of drug-likeness (QED) is 0.349. The Balaban J connectivity index is 1.78. The Kier molecular flexibility index (Phi) is 8.69. The van der Waals surface area contributed by atoms with E-state index in [1.807, 2.05) is 19.1 Å². The maximum Gasteiger partial charge on any atom is 0.433 e. The van der Waals surface area contributed by atoms with Gasteiger partial charge in [-0.2, -0.15) is 26.3 Å². The first kappa shape index (κ1) is 30.8. The van der Waals surface area contributed by atoms with Gasteiger partial charge in [-0.25, -0.2) is 0 Å². The predicted octanol–water partition coefficient (Wildman–Crippen LogP) is 4.94. The number of Topliss-reactive ketones (excluding diaryl/α,β-unsaturated/α-hetero) is 1. The van der Waals surface area contributed by atoms with Crippen molar-refractivity contribution in [2.24, 2.45) is 23.2 Å². The number of carbonyl (C=O) groups is 1. The summed E-state index contributed by atoms with van der Waals surface area (Å²) in [7, 11) is 0. The van der Waals surface area contributed by atoms with E-state index in [1.54, 1.807) is 6.92 Å². The van der Waals surface area contributed by atoms with Crippen molar-refractivity contribution in [3.8, 4) is 0 Å². The molecule has 0 aliphatic heterocycles. The Morgan fingerprint density at radius 3 is 2.32 bits per heavy atom. The van der Waals surface area contributed by atoms with Crippen LogP contribution < -0.4 is 0 Å². The predicted molar refractivity (Wildman–Crippen MR) is 127 cm³/mol. The molecule has 0 saturated heterocycles. The van der Waals surface area contributed by atoms with E-state index in [0.29, 0.717) is 18.4 Å². The average molecular weight is 555 g/mol. The second-order valence-electron chi connectivity index (χ2n) is 11.5. The summed E-state index contributed by atoms with van der Waals surface area (Å²) in [5.74, 6) is -3.39. The van der Waals surface area contributed by atoms with E-state index < -0.39 is 54.4 Å². The molecule has 216 valence electrons. The van der Waals surface area contributed by atoms with Crippen LogP contribution in [0, 0.1) is 23.2 Å². The van der Waals surface area contributed by atoms with E-state index in [1.165, 1.54) is 0 Å². The van der Waals surface area contributed by atoms with Crippen LogP contribution >= 0.6 is 0 Å². The van der Waals surface area contributed by atoms with Gasteiger partial charge in [0.05, 0.1) is 12.2 Å². The number of aliphatic hydroxyl groups is 4. The summed E-state index contributed by atoms with van der Waals surface area (Å²) in [5, 5.41) is 39.6. The lowest BCUT2D eigenvalue weighted by atomic mass is 9.60. The lowest BCUT2D eigenvalue weighted by Crippen LogP contribution is -2.65. The number of ketones is 1. The molecule has 0 aromatic heterocycles. The standard InChI is InChI=1S/C27H36F6O5/c1-14(11-22(36)23(37)25(38,26(28,29)30)27(31,32)33)19-8-9-20-16(5-4-10-24(19,20)3)6-7-17-12-18(34)13-21(35)15(17)2/h6-7,14,18-22,34-36,38H,2,4-5,8-13H2,1,3H3/b16-6?,17-7-/t14-,18-,19-,20?,21-,22?,24-/m1/s1. The molecule has 0 heterocycles. The third kappa shape index (κ3) is 5.48. The summed E-state index contributed by atoms with van der Waals surface area (Å²) < 4.78 is 78.6. The van der Waals surface area contributed by atoms with Gasteiger partial charge in [-0.3, -0.25) is 4.79 Å². The van der Waals surface area contributed by atoms with Crippen LogP contribution in [0.5, 0.6) is 0 Å². The second kappa shape index (κ2) is 10.7. The second-order valence-corrected chi connectivity index (χ2v) is 11.5. The van der Waals surface area contributed by atoms with Crippen LogP contribution in [-0.4, -0.2) is 62.5 Å². The Bertz CT molecular complexity index is 969. The van der Waals surface area contributed by atoms with Crippen molar-refractivity contribution in [3.05, 3.63) is 35.5 Å². The summed E-state index contributed by atoms with van der Waals surface area (Å²) in [6.07, 6.45) is -9.30. The zero-order valence-electron chi connectivity index (χ0n) is 21.4. The Labute approximate surface area is 217 Å². The topological polar surface area (TPSA) is 98.0 Å². The fraction of sp³-hybridized carbons (Fsp3) is 0.741. The highest BCUT2D eigenvalue weighted by molar-refractivity contribution is 5.92. The highest BCUT2D eigenvalue weighted by Gasteiger charge is 2.75. The first-order chi connectivity index (χ1) is 17.3. The van der Waals surface area contributed by atoms with Crippen molar-refractivity contribution in [2.45, 2.75) is 101 Å². The van der Waals surface area contributed by atoms with Crippen molar-refractivity contribution in [3.63, 3.8) is 0 Å². The van der Waals surface area contributed by atoms with Gasteiger partial charge in [-0.15, -0.1) is 0 Å². The van der Waals surface area contributed by atoms with Gasteiger partial charge in [0.1, 0.15) is 6.10 Å². The fourth-order valence-electron chi connectivity index (χ4n) is 6.98. The molecule has 0 amide bonds. The molecule has 3 aliphatic rings. The minimum atomic E-state index is -6.33. The van der Waals surface area contributed by atoms with Crippen LogP contribution in [0.2, 0.25) is 0 Å². The number of rotatable bonds is 6. The molecule has 0 spiro atoms. The molecule has 38 heavy (non-hydrogen) atoms. The third-order valence-corrected chi connectivity index (χ3v) is 9.06. The smallest absolute Gasteiger partial charge is 0.393 e. The van der Waals surface area contributed by atoms with Crippen molar-refractivity contribution < 1.29 is 51.6 Å². The number of allylic oxidation sites excluding steroid dienone is 3. The number of aliphatic hydroxyl groups excluding tert-OH is 3. The molecule has 4 N–H and O–H groups in total. The molecular formula is C27H36F6O5. The van der Waals surface area contributed by atoms with Gasteiger partial charge in [0, 0.05) is 6.42 Å². The highest BCUT2D eigenvalue weighted by atomic mass is 19.4. The molecule has 7 atom stereocenters. The molecule has 3 fully saturated rings. The van der Waals surface area contributed by atoms with E-state index >= 15 is 0 Å². The first-order valence-corrected chi connectivity index (χ1v) is 12.9. The van der Waals surface area contributed by atoms with Gasteiger partial charge >= 0.3 is 18.0 Å². The van der Waals surface area contributed by atoms with Crippen molar-refractivity contribution >= 4 is 5.78 Å². The number of fused-ring (bicyclic) bond motifs is 1. The number of hydrogen-bond donors (Lipinski definition) is 4. The van der Waals surface area contributed by atoms with E-state index in [4.69, 9.17) is 0 Å². The maximum absolute atomic E-state index is 13.1. The minimum Gasteiger partial charge on any atom is -0.393 e. The number of hydrogen-bond acceptors (Lipinski definition) is 5. The third-order valence-electron chi connectivity index (χ3n) is 9.06. The fourth-order valence-corrected chi connectivity index (χ4v) is 6.98. The van der Waals surface area contributed by atoms with Crippen LogP contribution in [0.25, 0.3) is 0 Å². The van der Waals surface area contributed by atoms with Crippen LogP contribution in [0.3, 0.4) is 0 Å². The molecule has 3 aliphatic carbocycles. The summed E-state index contributed by atoms with van der Waals surface area (Å²) in [6.45, 7) is 7.53. The zero-order chi connectivity index (χ0) is 28.8. The average Bonchev–Trinajstić information content (AvgIpc) is 3.15. The molecule has 0 aromatic carbocycles. The molecule has 5 nitrogen and oxygen atoms in total. The molecule has 0 aromatic rings. The van der Waals surface area contributed by atoms with Crippen molar-refractivity contribution in [1.29, 1.82) is 0 Å². The van der Waals surface area contributed by atoms with E-state index in [-0.39, 0.29) is 23.7 Å². The van der Waals surface area contributed by atoms with Gasteiger partial charge in [0.2, 0.25) is 5.78 Å². The molecular weight excluding hydrogens is 518 g/mol. The summed E-state index contributed by atoms with van der Waals surface area (Å²) in [4.78, 5) is 12.1. The molecule has 2 unspecified atom stereocenters. The van der Waals surface area contributed by atoms with Crippen LogP contribution in [0.1, 0.15) is 65.2 Å². The SMILES string of the molecule is C=C1/C(=C\C=C2CCC[C@@]3(C)C2CC[C@@H]3[C@H](C)CC(O)C(=O)C(O)(C(F)(F)F)C(F)(F)F)C[C@@H](O)C[C@H]1O. The van der Waals surface area contributed by atoms with E-state index in [0.717, 1.165) is 36.8 Å². The number of alkyl halides is 6. The van der Waals surface area contributed by atoms with Gasteiger partial charge in [0.25, 0.3) is 0 Å². The van der Waals surface area contributed by atoms with Crippen LogP contribution in [0.15, 0.2) is 35.5 Å². The Morgan fingerprint density at radius 1 is 1.13 bits per heavy atom. The molecule has 11 heteroatoms. The Hall–Kier alpha value is -1.69. The highest BCUT2D eigenvalue weighted by Crippen LogP contribution is 2.60. The largest absolute Gasteiger partial charge is 0.433 e. The van der Waals surface area contributed by atoms with Crippen LogP contribution in [-0.2, 0) is 4.79 Å². The summed E-state index contributed by atoms with van der Waals surface area (Å²) >= 11 is 0. The molecule has 0 bridgehead atoms. The van der Waals surface area contributed by atoms with Gasteiger partial charge in [-0.1, -0.05) is 38.2 Å². The molecule has 3 saturated carbocycles. The van der Waals surface area contributed by atoms with Gasteiger partial charge < -0.3 is 20.4 Å². The lowest BCUT2D eigenvalue weighted by Gasteiger charge is -2.44. The van der Waals surface area contributed by atoms with Gasteiger partial charge in [0.15, 0.2) is 0 Å². The lowest BCUT2D eigenvalue weighted by molar-refractivity contribution is -0.351. The van der Waals surface area contributed by atoms with Crippen molar-refractivity contribution in [1.82, 2.24) is 0 Å². The van der Waals surface area contributed by atoms with Crippen molar-refractivity contribution in [2.75, 3.05) is 0 Å². The minimum absolute atomic E-state index is 0.0855. The number of halogens is 6. The Morgan fingerprint density at radius 2 is 1.74 bits per heavy atom. The molecule has 3 rings (SSSR count). The van der Waals surface area contributed by atoms with Gasteiger partial charge in [-0.05, 0) is 79.3 Å². The summed E-state index contributed by atoms with van der Waals surface area (Å²) in [6, 6.07) is 0.